The summed E-state index contributed by atoms with van der Waals surface area (Å²) in [6.45, 7) is 4.81. The van der Waals surface area contributed by atoms with E-state index in [1.165, 1.54) is 22.9 Å². The standard InChI is InChI=1S/C25H26N4OS2/c1-18-9-10-22(19(2)13-18)29-23(14-20-7-5-4-6-8-20)26-27-25(29)32-17-24(30)28(3)15-21-11-12-31-16-21/h4-13,16H,14-15,17H2,1-3H3. The van der Waals surface area contributed by atoms with Crippen molar-refractivity contribution in [2.45, 2.75) is 32.0 Å². The van der Waals surface area contributed by atoms with Gasteiger partial charge < -0.3 is 4.90 Å². The number of nitrogens with zero attached hydrogens (tertiary/aromatic N) is 4. The Hall–Kier alpha value is -2.90. The maximum Gasteiger partial charge on any atom is 0.233 e. The largest absolute Gasteiger partial charge is 0.341 e. The molecule has 0 N–H and O–H groups in total. The van der Waals surface area contributed by atoms with Crippen LogP contribution in [0, 0.1) is 13.8 Å². The molecular formula is C25H26N4OS2. The molecule has 0 spiro atoms. The van der Waals surface area contributed by atoms with Crippen molar-refractivity contribution >= 4 is 29.0 Å². The first-order valence-electron chi connectivity index (χ1n) is 10.4. The molecule has 5 nitrogen and oxygen atoms in total. The van der Waals surface area contributed by atoms with E-state index < -0.39 is 0 Å². The Kier molecular flexibility index (Phi) is 7.07. The molecule has 2 heterocycles. The van der Waals surface area contributed by atoms with Crippen molar-refractivity contribution in [3.63, 3.8) is 0 Å². The van der Waals surface area contributed by atoms with Crippen LogP contribution in [0.15, 0.2) is 70.5 Å². The minimum Gasteiger partial charge on any atom is -0.341 e. The lowest BCUT2D eigenvalue weighted by atomic mass is 10.1. The van der Waals surface area contributed by atoms with E-state index in [1.54, 1.807) is 16.2 Å². The fraction of sp³-hybridized carbons (Fsp3) is 0.240. The summed E-state index contributed by atoms with van der Waals surface area (Å²) < 4.78 is 2.10. The van der Waals surface area contributed by atoms with Crippen LogP contribution in [0.5, 0.6) is 0 Å². The lowest BCUT2D eigenvalue weighted by Gasteiger charge is -2.17. The summed E-state index contributed by atoms with van der Waals surface area (Å²) in [6, 6.07) is 18.7. The molecular weight excluding hydrogens is 436 g/mol. The van der Waals surface area contributed by atoms with E-state index in [1.807, 2.05) is 36.7 Å². The summed E-state index contributed by atoms with van der Waals surface area (Å²) >= 11 is 3.08. The van der Waals surface area contributed by atoms with Crippen LogP contribution in [0.25, 0.3) is 5.69 Å². The van der Waals surface area contributed by atoms with Crippen LogP contribution in [-0.4, -0.2) is 38.4 Å². The maximum absolute atomic E-state index is 12.8. The summed E-state index contributed by atoms with van der Waals surface area (Å²) in [4.78, 5) is 14.5. The highest BCUT2D eigenvalue weighted by molar-refractivity contribution is 7.99. The Bertz CT molecular complexity index is 1190. The zero-order valence-corrected chi connectivity index (χ0v) is 20.1. The third-order valence-corrected chi connectivity index (χ3v) is 6.89. The summed E-state index contributed by atoms with van der Waals surface area (Å²) in [6.07, 6.45) is 0.674. The number of aryl methyl sites for hydroxylation is 2. The first kappa shape index (κ1) is 22.3. The highest BCUT2D eigenvalue weighted by atomic mass is 32.2. The molecule has 0 saturated heterocycles. The van der Waals surface area contributed by atoms with Crippen molar-refractivity contribution in [3.05, 3.63) is 93.4 Å². The topological polar surface area (TPSA) is 51.0 Å². The summed E-state index contributed by atoms with van der Waals surface area (Å²) in [5.41, 5.74) is 5.74. The highest BCUT2D eigenvalue weighted by Crippen LogP contribution is 2.26. The highest BCUT2D eigenvalue weighted by Gasteiger charge is 2.19. The first-order valence-corrected chi connectivity index (χ1v) is 12.4. The number of aromatic nitrogens is 3. The predicted molar refractivity (Wildman–Crippen MR) is 132 cm³/mol. The van der Waals surface area contributed by atoms with Crippen LogP contribution in [0.4, 0.5) is 0 Å². The van der Waals surface area contributed by atoms with Gasteiger partial charge in [-0.25, -0.2) is 0 Å². The van der Waals surface area contributed by atoms with Gasteiger partial charge in [0, 0.05) is 20.0 Å². The molecule has 2 aromatic carbocycles. The van der Waals surface area contributed by atoms with Crippen LogP contribution in [0.3, 0.4) is 0 Å². The molecule has 0 bridgehead atoms. The molecule has 2 aromatic heterocycles. The van der Waals surface area contributed by atoms with E-state index in [9.17, 15) is 4.79 Å². The Morgan fingerprint density at radius 3 is 2.59 bits per heavy atom. The van der Waals surface area contributed by atoms with Crippen LogP contribution >= 0.6 is 23.1 Å². The second kappa shape index (κ2) is 10.1. The van der Waals surface area contributed by atoms with Gasteiger partial charge in [0.05, 0.1) is 11.4 Å². The van der Waals surface area contributed by atoms with Crippen molar-refractivity contribution in [1.29, 1.82) is 0 Å². The molecule has 0 aliphatic carbocycles. The van der Waals surface area contributed by atoms with Crippen molar-refractivity contribution in [2.75, 3.05) is 12.8 Å². The van der Waals surface area contributed by atoms with Crippen LogP contribution in [-0.2, 0) is 17.8 Å². The molecule has 0 unspecified atom stereocenters. The Balaban J connectivity index is 1.58. The van der Waals surface area contributed by atoms with Crippen LogP contribution in [0.1, 0.15) is 28.1 Å². The van der Waals surface area contributed by atoms with Crippen molar-refractivity contribution in [2.24, 2.45) is 0 Å². The average Bonchev–Trinajstić information content (AvgIpc) is 3.43. The van der Waals surface area contributed by atoms with Gasteiger partial charge >= 0.3 is 0 Å². The average molecular weight is 463 g/mol. The van der Waals surface area contributed by atoms with Gasteiger partial charge in [0.2, 0.25) is 5.91 Å². The number of thioether (sulfide) groups is 1. The molecule has 0 atom stereocenters. The van der Waals surface area contributed by atoms with Crippen LogP contribution < -0.4 is 0 Å². The number of hydrogen-bond donors (Lipinski definition) is 0. The van der Waals surface area contributed by atoms with Gasteiger partial charge in [-0.15, -0.1) is 10.2 Å². The van der Waals surface area contributed by atoms with E-state index in [2.05, 4.69) is 64.3 Å². The number of carbonyl (C=O) groups is 1. The monoisotopic (exact) mass is 462 g/mol. The first-order chi connectivity index (χ1) is 15.5. The van der Waals surface area contributed by atoms with E-state index in [4.69, 9.17) is 0 Å². The third-order valence-electron chi connectivity index (χ3n) is 5.25. The van der Waals surface area contributed by atoms with E-state index in [0.29, 0.717) is 18.7 Å². The minimum absolute atomic E-state index is 0.0704. The zero-order valence-electron chi connectivity index (χ0n) is 18.5. The van der Waals surface area contributed by atoms with Crippen LogP contribution in [0.2, 0.25) is 0 Å². The molecule has 0 saturated carbocycles. The molecule has 32 heavy (non-hydrogen) atoms. The smallest absolute Gasteiger partial charge is 0.233 e. The maximum atomic E-state index is 12.8. The second-order valence-corrected chi connectivity index (χ2v) is 9.58. The fourth-order valence-electron chi connectivity index (χ4n) is 3.57. The van der Waals surface area contributed by atoms with Crippen molar-refractivity contribution < 1.29 is 4.79 Å². The molecule has 0 fully saturated rings. The van der Waals surface area contributed by atoms with Gasteiger partial charge in [-0.1, -0.05) is 59.8 Å². The van der Waals surface area contributed by atoms with Gasteiger partial charge in [-0.2, -0.15) is 11.3 Å². The predicted octanol–water partition coefficient (Wildman–Crippen LogP) is 5.29. The molecule has 7 heteroatoms. The molecule has 0 aliphatic rings. The van der Waals surface area contributed by atoms with E-state index in [0.717, 1.165) is 27.8 Å². The normalized spacial score (nSPS) is 11.0. The van der Waals surface area contributed by atoms with Crippen molar-refractivity contribution in [1.82, 2.24) is 19.7 Å². The molecule has 1 amide bonds. The number of thiophene rings is 1. The lowest BCUT2D eigenvalue weighted by Crippen LogP contribution is -2.27. The van der Waals surface area contributed by atoms with Gasteiger partial charge in [-0.3, -0.25) is 9.36 Å². The summed E-state index contributed by atoms with van der Waals surface area (Å²) in [5.74, 6) is 1.25. The molecule has 4 rings (SSSR count). The SMILES string of the molecule is Cc1ccc(-n2c(Cc3ccccc3)nnc2SCC(=O)N(C)Cc2ccsc2)c(C)c1. The molecule has 4 aromatic rings. The van der Waals surface area contributed by atoms with Gasteiger partial charge in [0.25, 0.3) is 0 Å². The Morgan fingerprint density at radius 1 is 1.06 bits per heavy atom. The van der Waals surface area contributed by atoms with E-state index >= 15 is 0 Å². The fourth-order valence-corrected chi connectivity index (χ4v) is 5.13. The number of hydrogen-bond acceptors (Lipinski definition) is 5. The second-order valence-electron chi connectivity index (χ2n) is 7.86. The van der Waals surface area contributed by atoms with Gasteiger partial charge in [0.15, 0.2) is 5.16 Å². The molecule has 0 radical (unpaired) electrons. The minimum atomic E-state index is 0.0704. The zero-order chi connectivity index (χ0) is 22.5. The number of amides is 1. The molecule has 0 aliphatic heterocycles. The van der Waals surface area contributed by atoms with E-state index in [-0.39, 0.29) is 5.91 Å². The lowest BCUT2D eigenvalue weighted by molar-refractivity contribution is -0.127. The van der Waals surface area contributed by atoms with Gasteiger partial charge in [-0.05, 0) is 53.4 Å². The van der Waals surface area contributed by atoms with Gasteiger partial charge in [0.1, 0.15) is 5.82 Å². The Labute approximate surface area is 197 Å². The number of rotatable bonds is 8. The van der Waals surface area contributed by atoms with Crippen molar-refractivity contribution in [3.8, 4) is 5.69 Å². The quantitative estimate of drug-likeness (QED) is 0.334. The number of benzene rings is 2. The molecule has 164 valence electrons. The Morgan fingerprint density at radius 2 is 1.88 bits per heavy atom. The summed E-state index contributed by atoms with van der Waals surface area (Å²) in [5, 5.41) is 13.8. The number of carbonyl (C=O) groups excluding carboxylic acids is 1. The summed E-state index contributed by atoms with van der Waals surface area (Å²) in [7, 11) is 1.84. The third kappa shape index (κ3) is 5.29.